The molecular weight excluding hydrogens is 354 g/mol. The van der Waals surface area contributed by atoms with Gasteiger partial charge in [-0.1, -0.05) is 29.8 Å². The molecule has 142 valence electrons. The van der Waals surface area contributed by atoms with Crippen LogP contribution in [0.3, 0.4) is 0 Å². The molecule has 6 nitrogen and oxygen atoms in total. The Hall–Kier alpha value is -3.67. The van der Waals surface area contributed by atoms with Gasteiger partial charge >= 0.3 is 5.97 Å². The Morgan fingerprint density at radius 2 is 1.61 bits per heavy atom. The van der Waals surface area contributed by atoms with Crippen molar-refractivity contribution in [2.24, 2.45) is 0 Å². The van der Waals surface area contributed by atoms with E-state index in [1.807, 2.05) is 37.3 Å². The monoisotopic (exact) mass is 375 g/mol. The molecule has 1 heterocycles. The van der Waals surface area contributed by atoms with Gasteiger partial charge < -0.3 is 15.4 Å². The summed E-state index contributed by atoms with van der Waals surface area (Å²) >= 11 is 0. The van der Waals surface area contributed by atoms with E-state index in [-0.39, 0.29) is 11.9 Å². The molecule has 0 saturated carbocycles. The molecular formula is C22H21N3O3. The number of aromatic nitrogens is 1. The molecule has 2 aromatic carbocycles. The van der Waals surface area contributed by atoms with Crippen molar-refractivity contribution in [1.29, 1.82) is 0 Å². The third-order valence-corrected chi connectivity index (χ3v) is 4.11. The number of hydrogen-bond donors (Lipinski definition) is 2. The number of pyridine rings is 1. The first-order chi connectivity index (χ1) is 13.5. The summed E-state index contributed by atoms with van der Waals surface area (Å²) in [5.74, 6) is -0.00175. The molecule has 0 unspecified atom stereocenters. The van der Waals surface area contributed by atoms with Gasteiger partial charge in [0.25, 0.3) is 0 Å². The van der Waals surface area contributed by atoms with Crippen LogP contribution in [-0.4, -0.2) is 24.0 Å². The Kier molecular flexibility index (Phi) is 6.01. The first-order valence-corrected chi connectivity index (χ1v) is 8.80. The van der Waals surface area contributed by atoms with E-state index in [1.54, 1.807) is 36.5 Å². The maximum absolute atomic E-state index is 12.1. The average molecular weight is 375 g/mol. The summed E-state index contributed by atoms with van der Waals surface area (Å²) in [6.07, 6.45) is 1.93. The summed E-state index contributed by atoms with van der Waals surface area (Å²) in [6.45, 7) is 2.01. The fourth-order valence-electron chi connectivity index (χ4n) is 2.59. The molecule has 1 amide bonds. The molecule has 3 rings (SSSR count). The molecule has 0 spiro atoms. The maximum atomic E-state index is 12.1. The molecule has 3 aromatic rings. The molecule has 0 aliphatic carbocycles. The Morgan fingerprint density at radius 3 is 2.21 bits per heavy atom. The lowest BCUT2D eigenvalue weighted by Crippen LogP contribution is -2.15. The van der Waals surface area contributed by atoms with Gasteiger partial charge in [-0.25, -0.2) is 9.78 Å². The third-order valence-electron chi connectivity index (χ3n) is 4.11. The number of carbonyl (C=O) groups is 2. The lowest BCUT2D eigenvalue weighted by molar-refractivity contribution is -0.115. The first kappa shape index (κ1) is 19.1. The van der Waals surface area contributed by atoms with Crippen molar-refractivity contribution in [2.75, 3.05) is 17.7 Å². The molecule has 0 radical (unpaired) electrons. The second-order valence-corrected chi connectivity index (χ2v) is 6.34. The van der Waals surface area contributed by atoms with E-state index in [4.69, 9.17) is 0 Å². The minimum absolute atomic E-state index is 0.115. The van der Waals surface area contributed by atoms with Crippen LogP contribution >= 0.6 is 0 Å². The van der Waals surface area contributed by atoms with Crippen LogP contribution in [0.1, 0.15) is 21.5 Å². The van der Waals surface area contributed by atoms with Gasteiger partial charge in [-0.3, -0.25) is 4.79 Å². The summed E-state index contributed by atoms with van der Waals surface area (Å²) in [5, 5.41) is 5.98. The van der Waals surface area contributed by atoms with Gasteiger partial charge in [-0.05, 0) is 48.9 Å². The molecule has 0 bridgehead atoms. The Bertz CT molecular complexity index is 950. The molecule has 0 aliphatic rings. The van der Waals surface area contributed by atoms with Crippen molar-refractivity contribution in [3.63, 3.8) is 0 Å². The fraction of sp³-hybridized carbons (Fsp3) is 0.136. The number of ether oxygens (including phenoxy) is 1. The molecule has 2 N–H and O–H groups in total. The Balaban J connectivity index is 1.56. The summed E-state index contributed by atoms with van der Waals surface area (Å²) < 4.78 is 4.68. The molecule has 0 fully saturated rings. The number of aryl methyl sites for hydroxylation is 1. The van der Waals surface area contributed by atoms with E-state index >= 15 is 0 Å². The van der Waals surface area contributed by atoms with Crippen LogP contribution in [0.4, 0.5) is 17.2 Å². The molecule has 6 heteroatoms. The van der Waals surface area contributed by atoms with Crippen LogP contribution in [0.5, 0.6) is 0 Å². The highest BCUT2D eigenvalue weighted by Gasteiger charge is 2.06. The van der Waals surface area contributed by atoms with Gasteiger partial charge in [0.15, 0.2) is 0 Å². The minimum Gasteiger partial charge on any atom is -0.465 e. The topological polar surface area (TPSA) is 80.3 Å². The van der Waals surface area contributed by atoms with Crippen molar-refractivity contribution >= 4 is 29.1 Å². The summed E-state index contributed by atoms with van der Waals surface area (Å²) in [6, 6.07) is 18.3. The number of anilines is 3. The minimum atomic E-state index is -0.376. The van der Waals surface area contributed by atoms with Crippen LogP contribution in [0.2, 0.25) is 0 Å². The molecule has 0 saturated heterocycles. The SMILES string of the molecule is COC(=O)c1ccc(Nc2ccc(NC(=O)Cc3ccc(C)cc3)nc2)cc1. The number of nitrogens with one attached hydrogen (secondary N) is 2. The second kappa shape index (κ2) is 8.81. The summed E-state index contributed by atoms with van der Waals surface area (Å²) in [7, 11) is 1.35. The van der Waals surface area contributed by atoms with Gasteiger partial charge in [-0.15, -0.1) is 0 Å². The highest BCUT2D eigenvalue weighted by molar-refractivity contribution is 5.91. The third kappa shape index (κ3) is 5.17. The van der Waals surface area contributed by atoms with E-state index in [0.717, 1.165) is 22.5 Å². The van der Waals surface area contributed by atoms with Crippen molar-refractivity contribution in [2.45, 2.75) is 13.3 Å². The van der Waals surface area contributed by atoms with Gasteiger partial charge in [0, 0.05) is 5.69 Å². The summed E-state index contributed by atoms with van der Waals surface area (Å²) in [4.78, 5) is 27.9. The second-order valence-electron chi connectivity index (χ2n) is 6.34. The number of hydrogen-bond acceptors (Lipinski definition) is 5. The standard InChI is InChI=1S/C22H21N3O3/c1-15-3-5-16(6-4-15)13-21(26)25-20-12-11-19(14-23-20)24-18-9-7-17(8-10-18)22(27)28-2/h3-12,14,24H,13H2,1-2H3,(H,23,25,26). The largest absolute Gasteiger partial charge is 0.465 e. The highest BCUT2D eigenvalue weighted by Crippen LogP contribution is 2.18. The zero-order chi connectivity index (χ0) is 19.9. The van der Waals surface area contributed by atoms with Crippen LogP contribution in [-0.2, 0) is 16.0 Å². The lowest BCUT2D eigenvalue weighted by Gasteiger charge is -2.09. The van der Waals surface area contributed by atoms with Crippen molar-refractivity contribution in [3.05, 3.63) is 83.6 Å². The summed E-state index contributed by atoms with van der Waals surface area (Å²) in [5.41, 5.74) is 4.18. The lowest BCUT2D eigenvalue weighted by atomic mass is 10.1. The fourth-order valence-corrected chi connectivity index (χ4v) is 2.59. The number of esters is 1. The number of carbonyl (C=O) groups excluding carboxylic acids is 2. The Labute approximate surface area is 163 Å². The predicted octanol–water partition coefficient (Wildman–Crippen LogP) is 4.10. The van der Waals surface area contributed by atoms with E-state index in [2.05, 4.69) is 20.4 Å². The number of nitrogens with zero attached hydrogens (tertiary/aromatic N) is 1. The average Bonchev–Trinajstić information content (AvgIpc) is 2.71. The molecule has 1 aromatic heterocycles. The van der Waals surface area contributed by atoms with Gasteiger partial charge in [0.1, 0.15) is 5.82 Å². The van der Waals surface area contributed by atoms with E-state index in [0.29, 0.717) is 17.8 Å². The first-order valence-electron chi connectivity index (χ1n) is 8.80. The highest BCUT2D eigenvalue weighted by atomic mass is 16.5. The normalized spacial score (nSPS) is 10.2. The molecule has 0 atom stereocenters. The number of methoxy groups -OCH3 is 1. The van der Waals surface area contributed by atoms with Crippen LogP contribution in [0.15, 0.2) is 66.9 Å². The number of rotatable bonds is 6. The van der Waals surface area contributed by atoms with Gasteiger partial charge in [-0.2, -0.15) is 0 Å². The van der Waals surface area contributed by atoms with Gasteiger partial charge in [0.05, 0.1) is 31.0 Å². The van der Waals surface area contributed by atoms with Crippen molar-refractivity contribution < 1.29 is 14.3 Å². The Morgan fingerprint density at radius 1 is 0.929 bits per heavy atom. The van der Waals surface area contributed by atoms with E-state index in [1.165, 1.54) is 7.11 Å². The number of benzene rings is 2. The predicted molar refractivity (Wildman–Crippen MR) is 109 cm³/mol. The quantitative estimate of drug-likeness (QED) is 0.634. The molecule has 0 aliphatic heterocycles. The smallest absolute Gasteiger partial charge is 0.337 e. The number of amides is 1. The zero-order valence-electron chi connectivity index (χ0n) is 15.7. The molecule has 28 heavy (non-hydrogen) atoms. The van der Waals surface area contributed by atoms with E-state index < -0.39 is 0 Å². The van der Waals surface area contributed by atoms with Crippen molar-refractivity contribution in [3.8, 4) is 0 Å². The zero-order valence-corrected chi connectivity index (χ0v) is 15.7. The van der Waals surface area contributed by atoms with E-state index in [9.17, 15) is 9.59 Å². The van der Waals surface area contributed by atoms with Crippen molar-refractivity contribution in [1.82, 2.24) is 4.98 Å². The van der Waals surface area contributed by atoms with Crippen LogP contribution in [0, 0.1) is 6.92 Å². The van der Waals surface area contributed by atoms with Crippen LogP contribution < -0.4 is 10.6 Å². The maximum Gasteiger partial charge on any atom is 0.337 e. The van der Waals surface area contributed by atoms with Gasteiger partial charge in [0.2, 0.25) is 5.91 Å². The van der Waals surface area contributed by atoms with Crippen LogP contribution in [0.25, 0.3) is 0 Å².